The van der Waals surface area contributed by atoms with E-state index in [0.29, 0.717) is 12.8 Å². The van der Waals surface area contributed by atoms with Crippen LogP contribution in [-0.4, -0.2) is 44.4 Å². The molecule has 5 N–H and O–H groups in total. The lowest BCUT2D eigenvalue weighted by Gasteiger charge is -2.05. The van der Waals surface area contributed by atoms with E-state index in [0.717, 1.165) is 0 Å². The molecule has 0 fully saturated rings. The van der Waals surface area contributed by atoms with E-state index in [1.807, 2.05) is 0 Å². The maximum atomic E-state index is 10.8. The number of rotatable bonds is 6. The Labute approximate surface area is 81.4 Å². The van der Waals surface area contributed by atoms with Crippen LogP contribution in [0, 0.1) is 0 Å². The lowest BCUT2D eigenvalue weighted by molar-refractivity contribution is -0.119. The van der Waals surface area contributed by atoms with Crippen LogP contribution in [0.1, 0.15) is 0 Å². The number of aldehydes is 1. The smallest absolute Gasteiger partial charge is 0.315 e. The van der Waals surface area contributed by atoms with Crippen LogP contribution in [0.25, 0.3) is 0 Å². The zero-order valence-electron chi connectivity index (χ0n) is 7.71. The fourth-order valence-corrected chi connectivity index (χ4v) is 0.647. The zero-order valence-corrected chi connectivity index (χ0v) is 7.71. The molecular weight excluding hydrogens is 188 g/mol. The van der Waals surface area contributed by atoms with Gasteiger partial charge in [-0.25, -0.2) is 4.79 Å². The Morgan fingerprint density at radius 3 is 2.36 bits per heavy atom. The Hall–Kier alpha value is -1.63. The molecule has 0 saturated carbocycles. The summed E-state index contributed by atoms with van der Waals surface area (Å²) in [7, 11) is 0. The Balaban J connectivity index is 3.31. The molecule has 0 aromatic rings. The second-order valence-electron chi connectivity index (χ2n) is 2.36. The van der Waals surface area contributed by atoms with Crippen molar-refractivity contribution in [2.24, 2.45) is 5.73 Å². The third kappa shape index (κ3) is 7.04. The molecule has 0 rings (SSSR count). The molecule has 7 nitrogen and oxygen atoms in total. The van der Waals surface area contributed by atoms with Crippen LogP contribution < -0.4 is 21.7 Å². The van der Waals surface area contributed by atoms with Crippen LogP contribution >= 0.6 is 0 Å². The quantitative estimate of drug-likeness (QED) is 0.283. The van der Waals surface area contributed by atoms with Crippen LogP contribution in [0.3, 0.4) is 0 Å². The van der Waals surface area contributed by atoms with Gasteiger partial charge < -0.3 is 26.5 Å². The molecule has 0 spiro atoms. The number of urea groups is 1. The summed E-state index contributed by atoms with van der Waals surface area (Å²) in [5.74, 6) is -0.278. The van der Waals surface area contributed by atoms with Crippen LogP contribution in [-0.2, 0) is 9.59 Å². The lowest BCUT2D eigenvalue weighted by atomic mass is 10.5. The summed E-state index contributed by atoms with van der Waals surface area (Å²) in [6, 6.07) is -0.445. The lowest BCUT2D eigenvalue weighted by Crippen LogP contribution is -2.41. The average Bonchev–Trinajstić information content (AvgIpc) is 2.21. The third-order valence-corrected chi connectivity index (χ3v) is 1.26. The Morgan fingerprint density at radius 1 is 1.14 bits per heavy atom. The number of amides is 3. The molecule has 14 heavy (non-hydrogen) atoms. The van der Waals surface area contributed by atoms with Crippen LogP contribution in [0.5, 0.6) is 0 Å². The van der Waals surface area contributed by atoms with Gasteiger partial charge in [0.25, 0.3) is 0 Å². The van der Waals surface area contributed by atoms with Gasteiger partial charge in [-0.05, 0) is 0 Å². The molecule has 0 aromatic heterocycles. The minimum absolute atomic E-state index is 0.0268. The second kappa shape index (κ2) is 7.99. The molecule has 0 saturated heterocycles. The van der Waals surface area contributed by atoms with Crippen LogP contribution in [0.15, 0.2) is 0 Å². The fourth-order valence-electron chi connectivity index (χ4n) is 0.647. The summed E-state index contributed by atoms with van der Waals surface area (Å²) in [6.07, 6.45) is 0.579. The van der Waals surface area contributed by atoms with Crippen molar-refractivity contribution in [1.82, 2.24) is 16.0 Å². The molecule has 0 unspecified atom stereocenters. The first kappa shape index (κ1) is 12.4. The molecule has 0 heterocycles. The Morgan fingerprint density at radius 2 is 1.79 bits per heavy atom. The highest BCUT2D eigenvalue weighted by molar-refractivity contribution is 5.78. The van der Waals surface area contributed by atoms with Crippen molar-refractivity contribution < 1.29 is 14.4 Å². The van der Waals surface area contributed by atoms with Gasteiger partial charge in [0.15, 0.2) is 0 Å². The highest BCUT2D eigenvalue weighted by Gasteiger charge is 1.98. The topological polar surface area (TPSA) is 113 Å². The largest absolute Gasteiger partial charge is 0.353 e. The van der Waals surface area contributed by atoms with Gasteiger partial charge >= 0.3 is 6.03 Å². The summed E-state index contributed by atoms with van der Waals surface area (Å²) in [4.78, 5) is 31.3. The predicted molar refractivity (Wildman–Crippen MR) is 49.5 cm³/mol. The molecule has 7 heteroatoms. The monoisotopic (exact) mass is 202 g/mol. The van der Waals surface area contributed by atoms with Gasteiger partial charge in [-0.3, -0.25) is 4.79 Å². The number of carbonyl (C=O) groups is 3. The normalized spacial score (nSPS) is 8.93. The molecule has 0 aromatic carbocycles. The molecule has 3 amide bonds. The Kier molecular flexibility index (Phi) is 7.06. The van der Waals surface area contributed by atoms with Crippen molar-refractivity contribution in [3.8, 4) is 0 Å². The Bertz CT molecular complexity index is 207. The van der Waals surface area contributed by atoms with Crippen LogP contribution in [0.2, 0.25) is 0 Å². The van der Waals surface area contributed by atoms with Crippen LogP contribution in [0.4, 0.5) is 4.79 Å². The van der Waals surface area contributed by atoms with Crippen molar-refractivity contribution in [2.75, 3.05) is 26.2 Å². The van der Waals surface area contributed by atoms with Crippen molar-refractivity contribution in [1.29, 1.82) is 0 Å². The molecular formula is C7H14N4O3. The summed E-state index contributed by atoms with van der Waals surface area (Å²) in [5, 5.41) is 7.18. The summed E-state index contributed by atoms with van der Waals surface area (Å²) in [5.41, 5.74) is 5.03. The first-order valence-electron chi connectivity index (χ1n) is 4.12. The summed E-state index contributed by atoms with van der Waals surface area (Å²) in [6.45, 7) is 0.499. The molecule has 0 aliphatic heterocycles. The minimum atomic E-state index is -0.445. The van der Waals surface area contributed by atoms with E-state index in [1.54, 1.807) is 0 Å². The maximum Gasteiger partial charge on any atom is 0.315 e. The molecule has 0 aliphatic carbocycles. The van der Waals surface area contributed by atoms with Crippen molar-refractivity contribution in [3.05, 3.63) is 0 Å². The standard InChI is InChI=1S/C7H14N4O3/c8-5-6(13)9-1-2-10-7(14)11-3-4-12/h4H,1-3,5,8H2,(H,9,13)(H2,10,11,14). The van der Waals surface area contributed by atoms with Crippen molar-refractivity contribution in [3.63, 3.8) is 0 Å². The number of hydrogen-bond donors (Lipinski definition) is 4. The SMILES string of the molecule is NCC(=O)NCCNC(=O)NCC=O. The maximum absolute atomic E-state index is 10.8. The van der Waals surface area contributed by atoms with E-state index < -0.39 is 6.03 Å². The number of nitrogens with one attached hydrogen (secondary N) is 3. The molecule has 0 radical (unpaired) electrons. The number of carbonyl (C=O) groups excluding carboxylic acids is 3. The zero-order chi connectivity index (χ0) is 10.8. The van der Waals surface area contributed by atoms with Gasteiger partial charge in [0.05, 0.1) is 13.1 Å². The van der Waals surface area contributed by atoms with E-state index in [-0.39, 0.29) is 25.5 Å². The third-order valence-electron chi connectivity index (χ3n) is 1.26. The van der Waals surface area contributed by atoms with E-state index in [4.69, 9.17) is 5.73 Å². The van der Waals surface area contributed by atoms with E-state index in [1.165, 1.54) is 0 Å². The summed E-state index contributed by atoms with van der Waals surface area (Å²) >= 11 is 0. The van der Waals surface area contributed by atoms with Gasteiger partial charge in [0, 0.05) is 13.1 Å². The molecule has 0 bridgehead atoms. The molecule has 80 valence electrons. The molecule has 0 atom stereocenters. The second-order valence-corrected chi connectivity index (χ2v) is 2.36. The van der Waals surface area contributed by atoms with Gasteiger partial charge in [0.1, 0.15) is 6.29 Å². The fraction of sp³-hybridized carbons (Fsp3) is 0.571. The van der Waals surface area contributed by atoms with E-state index in [2.05, 4.69) is 16.0 Å². The first-order valence-corrected chi connectivity index (χ1v) is 4.12. The van der Waals surface area contributed by atoms with Gasteiger partial charge in [0.2, 0.25) is 5.91 Å². The predicted octanol–water partition coefficient (Wildman–Crippen LogP) is -2.44. The number of nitrogens with two attached hydrogens (primary N) is 1. The van der Waals surface area contributed by atoms with Crippen molar-refractivity contribution >= 4 is 18.2 Å². The summed E-state index contributed by atoms with van der Waals surface area (Å²) < 4.78 is 0. The first-order chi connectivity index (χ1) is 6.70. The average molecular weight is 202 g/mol. The molecule has 0 aliphatic rings. The van der Waals surface area contributed by atoms with Gasteiger partial charge in [-0.2, -0.15) is 0 Å². The minimum Gasteiger partial charge on any atom is -0.353 e. The van der Waals surface area contributed by atoms with Gasteiger partial charge in [-0.1, -0.05) is 0 Å². The van der Waals surface area contributed by atoms with Crippen molar-refractivity contribution in [2.45, 2.75) is 0 Å². The van der Waals surface area contributed by atoms with Gasteiger partial charge in [-0.15, -0.1) is 0 Å². The van der Waals surface area contributed by atoms with E-state index >= 15 is 0 Å². The highest BCUT2D eigenvalue weighted by Crippen LogP contribution is 1.64. The highest BCUT2D eigenvalue weighted by atomic mass is 16.2. The number of hydrogen-bond acceptors (Lipinski definition) is 4. The van der Waals surface area contributed by atoms with E-state index in [9.17, 15) is 14.4 Å².